The van der Waals surface area contributed by atoms with E-state index in [4.69, 9.17) is 5.26 Å². The van der Waals surface area contributed by atoms with Crippen LogP contribution in [-0.2, 0) is 13.5 Å². The molecule has 1 rings (SSSR count). The first-order valence-electron chi connectivity index (χ1n) is 5.13. The summed E-state index contributed by atoms with van der Waals surface area (Å²) in [7, 11) is 1.89. The molecular formula is C11H17N3. The minimum atomic E-state index is 0.721. The SMILES string of the molecule is CCCCCc1nc(C)n(C)c1C#N. The van der Waals surface area contributed by atoms with E-state index in [1.165, 1.54) is 12.8 Å². The molecule has 3 heteroatoms. The Morgan fingerprint density at radius 3 is 2.71 bits per heavy atom. The number of nitriles is 1. The van der Waals surface area contributed by atoms with Crippen LogP contribution in [0, 0.1) is 18.3 Å². The Bertz CT molecular complexity index is 344. The molecule has 3 nitrogen and oxygen atoms in total. The number of imidazole rings is 1. The Hall–Kier alpha value is -1.30. The van der Waals surface area contributed by atoms with Crippen molar-refractivity contribution in [2.75, 3.05) is 0 Å². The summed E-state index contributed by atoms with van der Waals surface area (Å²) in [6.45, 7) is 4.11. The van der Waals surface area contributed by atoms with Crippen molar-refractivity contribution in [1.29, 1.82) is 5.26 Å². The molecule has 0 bridgehead atoms. The van der Waals surface area contributed by atoms with Gasteiger partial charge >= 0.3 is 0 Å². The second kappa shape index (κ2) is 4.80. The first-order chi connectivity index (χ1) is 6.70. The zero-order chi connectivity index (χ0) is 10.6. The highest BCUT2D eigenvalue weighted by Crippen LogP contribution is 2.12. The molecule has 0 saturated carbocycles. The highest BCUT2D eigenvalue weighted by Gasteiger charge is 2.10. The van der Waals surface area contributed by atoms with Gasteiger partial charge in [0, 0.05) is 7.05 Å². The van der Waals surface area contributed by atoms with Gasteiger partial charge in [-0.25, -0.2) is 4.98 Å². The summed E-state index contributed by atoms with van der Waals surface area (Å²) in [5, 5.41) is 8.96. The van der Waals surface area contributed by atoms with Gasteiger partial charge in [0.15, 0.2) is 0 Å². The molecule has 0 radical (unpaired) electrons. The van der Waals surface area contributed by atoms with E-state index in [0.717, 1.165) is 30.1 Å². The van der Waals surface area contributed by atoms with Crippen molar-refractivity contribution in [3.63, 3.8) is 0 Å². The molecule has 0 amide bonds. The summed E-state index contributed by atoms with van der Waals surface area (Å²) in [5.74, 6) is 0.924. The van der Waals surface area contributed by atoms with Crippen molar-refractivity contribution in [3.8, 4) is 6.07 Å². The molecule has 0 aromatic carbocycles. The van der Waals surface area contributed by atoms with Crippen molar-refractivity contribution < 1.29 is 0 Å². The third-order valence-electron chi connectivity index (χ3n) is 2.51. The van der Waals surface area contributed by atoms with E-state index in [2.05, 4.69) is 18.0 Å². The minimum Gasteiger partial charge on any atom is -0.323 e. The average molecular weight is 191 g/mol. The van der Waals surface area contributed by atoms with Crippen LogP contribution in [0.3, 0.4) is 0 Å². The van der Waals surface area contributed by atoms with Crippen molar-refractivity contribution in [2.45, 2.75) is 39.5 Å². The molecular weight excluding hydrogens is 174 g/mol. The predicted molar refractivity (Wildman–Crippen MR) is 55.9 cm³/mol. The smallest absolute Gasteiger partial charge is 0.143 e. The number of rotatable bonds is 4. The molecule has 14 heavy (non-hydrogen) atoms. The van der Waals surface area contributed by atoms with E-state index in [1.807, 2.05) is 18.5 Å². The summed E-state index contributed by atoms with van der Waals surface area (Å²) in [5.41, 5.74) is 1.68. The van der Waals surface area contributed by atoms with E-state index < -0.39 is 0 Å². The van der Waals surface area contributed by atoms with Crippen LogP contribution < -0.4 is 0 Å². The number of unbranched alkanes of at least 4 members (excludes halogenated alkanes) is 2. The maximum atomic E-state index is 8.96. The summed E-state index contributed by atoms with van der Waals surface area (Å²) in [4.78, 5) is 4.39. The molecule has 1 aromatic heterocycles. The maximum Gasteiger partial charge on any atom is 0.143 e. The standard InChI is InChI=1S/C11H17N3/c1-4-5-6-7-10-11(8-12)14(3)9(2)13-10/h4-7H2,1-3H3. The Labute approximate surface area is 85.4 Å². The molecule has 0 aliphatic heterocycles. The fraction of sp³-hybridized carbons (Fsp3) is 0.636. The Morgan fingerprint density at radius 1 is 1.43 bits per heavy atom. The molecule has 0 aliphatic rings. The van der Waals surface area contributed by atoms with Gasteiger partial charge in [-0.2, -0.15) is 5.26 Å². The molecule has 0 fully saturated rings. The third kappa shape index (κ3) is 2.14. The molecule has 0 aliphatic carbocycles. The van der Waals surface area contributed by atoms with Gasteiger partial charge in [0.1, 0.15) is 17.6 Å². The van der Waals surface area contributed by atoms with Crippen LogP contribution in [0.4, 0.5) is 0 Å². The molecule has 0 saturated heterocycles. The van der Waals surface area contributed by atoms with Crippen LogP contribution >= 0.6 is 0 Å². The zero-order valence-corrected chi connectivity index (χ0v) is 9.17. The normalized spacial score (nSPS) is 10.1. The minimum absolute atomic E-state index is 0.721. The maximum absolute atomic E-state index is 8.96. The lowest BCUT2D eigenvalue weighted by molar-refractivity contribution is 0.707. The van der Waals surface area contributed by atoms with Gasteiger partial charge in [0.25, 0.3) is 0 Å². The van der Waals surface area contributed by atoms with E-state index in [0.29, 0.717) is 0 Å². The van der Waals surface area contributed by atoms with Crippen LogP contribution in [0.5, 0.6) is 0 Å². The summed E-state index contributed by atoms with van der Waals surface area (Å²) in [6, 6.07) is 2.21. The highest BCUT2D eigenvalue weighted by molar-refractivity contribution is 5.29. The molecule has 1 aromatic rings. The summed E-state index contributed by atoms with van der Waals surface area (Å²) < 4.78 is 1.86. The Morgan fingerprint density at radius 2 is 2.14 bits per heavy atom. The first kappa shape index (κ1) is 10.8. The van der Waals surface area contributed by atoms with E-state index in [1.54, 1.807) is 0 Å². The van der Waals surface area contributed by atoms with Crippen molar-refractivity contribution in [1.82, 2.24) is 9.55 Å². The fourth-order valence-electron chi connectivity index (χ4n) is 1.53. The second-order valence-corrected chi connectivity index (χ2v) is 3.58. The lowest BCUT2D eigenvalue weighted by Crippen LogP contribution is -1.96. The van der Waals surface area contributed by atoms with Gasteiger partial charge in [0.05, 0.1) is 5.69 Å². The molecule has 76 valence electrons. The lowest BCUT2D eigenvalue weighted by atomic mass is 10.1. The van der Waals surface area contributed by atoms with E-state index >= 15 is 0 Å². The first-order valence-corrected chi connectivity index (χ1v) is 5.13. The van der Waals surface area contributed by atoms with Gasteiger partial charge in [-0.3, -0.25) is 0 Å². The number of hydrogen-bond donors (Lipinski definition) is 0. The highest BCUT2D eigenvalue weighted by atomic mass is 15.1. The van der Waals surface area contributed by atoms with Crippen molar-refractivity contribution in [3.05, 3.63) is 17.2 Å². The Kier molecular flexibility index (Phi) is 3.70. The van der Waals surface area contributed by atoms with E-state index in [-0.39, 0.29) is 0 Å². The predicted octanol–water partition coefficient (Wildman–Crippen LogP) is 2.33. The van der Waals surface area contributed by atoms with Crippen LogP contribution in [0.15, 0.2) is 0 Å². The molecule has 1 heterocycles. The number of nitrogens with zero attached hydrogens (tertiary/aromatic N) is 3. The molecule has 0 N–H and O–H groups in total. The van der Waals surface area contributed by atoms with Gasteiger partial charge in [-0.1, -0.05) is 19.8 Å². The molecule has 0 atom stereocenters. The van der Waals surface area contributed by atoms with Gasteiger partial charge in [-0.05, 0) is 19.8 Å². The van der Waals surface area contributed by atoms with Crippen LogP contribution in [0.25, 0.3) is 0 Å². The number of aryl methyl sites for hydroxylation is 2. The number of aromatic nitrogens is 2. The zero-order valence-electron chi connectivity index (χ0n) is 9.17. The largest absolute Gasteiger partial charge is 0.323 e. The fourth-order valence-corrected chi connectivity index (χ4v) is 1.53. The number of hydrogen-bond acceptors (Lipinski definition) is 2. The lowest BCUT2D eigenvalue weighted by Gasteiger charge is -1.97. The Balaban J connectivity index is 2.77. The third-order valence-corrected chi connectivity index (χ3v) is 2.51. The summed E-state index contributed by atoms with van der Waals surface area (Å²) in [6.07, 6.45) is 4.47. The van der Waals surface area contributed by atoms with Gasteiger partial charge in [-0.15, -0.1) is 0 Å². The van der Waals surface area contributed by atoms with Crippen molar-refractivity contribution in [2.24, 2.45) is 7.05 Å². The van der Waals surface area contributed by atoms with E-state index in [9.17, 15) is 0 Å². The second-order valence-electron chi connectivity index (χ2n) is 3.58. The van der Waals surface area contributed by atoms with Crippen LogP contribution in [-0.4, -0.2) is 9.55 Å². The molecule has 0 unspecified atom stereocenters. The van der Waals surface area contributed by atoms with Crippen molar-refractivity contribution >= 4 is 0 Å². The average Bonchev–Trinajstić information content (AvgIpc) is 2.43. The summed E-state index contributed by atoms with van der Waals surface area (Å²) >= 11 is 0. The topological polar surface area (TPSA) is 41.6 Å². The monoisotopic (exact) mass is 191 g/mol. The van der Waals surface area contributed by atoms with Crippen LogP contribution in [0.2, 0.25) is 0 Å². The van der Waals surface area contributed by atoms with Gasteiger partial charge < -0.3 is 4.57 Å². The quantitative estimate of drug-likeness (QED) is 0.685. The van der Waals surface area contributed by atoms with Crippen LogP contribution in [0.1, 0.15) is 43.4 Å². The molecule has 0 spiro atoms. The van der Waals surface area contributed by atoms with Gasteiger partial charge in [0.2, 0.25) is 0 Å².